The fraction of sp³-hybridized carbons (Fsp3) is 0.200. The highest BCUT2D eigenvalue weighted by molar-refractivity contribution is 6.31. The van der Waals surface area contributed by atoms with Crippen molar-refractivity contribution in [2.24, 2.45) is 0 Å². The summed E-state index contributed by atoms with van der Waals surface area (Å²) in [7, 11) is 0. The standard InChI is InChI=1S/C20H17ClN4O/c1-20(2)10-17(14-8-12(11-22)6-7-18(14)26-20)25-16-5-3-4-13(21)9-15(16)24-19(25)23/h3,5-10H,4H2,1-2H3,(H2,23,24). The molecule has 0 radical (unpaired) electrons. The normalized spacial score (nSPS) is 17.2. The molecule has 1 aliphatic heterocycles. The molecule has 0 spiro atoms. The van der Waals surface area contributed by atoms with Gasteiger partial charge in [0.2, 0.25) is 5.95 Å². The molecule has 6 heteroatoms. The van der Waals surface area contributed by atoms with Crippen LogP contribution in [0.25, 0.3) is 17.8 Å². The van der Waals surface area contributed by atoms with Gasteiger partial charge in [0.1, 0.15) is 11.4 Å². The molecule has 0 atom stereocenters. The lowest BCUT2D eigenvalue weighted by Crippen LogP contribution is -2.30. The van der Waals surface area contributed by atoms with Crippen LogP contribution < -0.4 is 10.5 Å². The summed E-state index contributed by atoms with van der Waals surface area (Å²) >= 11 is 6.21. The van der Waals surface area contributed by atoms with Crippen molar-refractivity contribution in [3.8, 4) is 11.8 Å². The smallest absolute Gasteiger partial charge is 0.205 e. The number of rotatable bonds is 1. The van der Waals surface area contributed by atoms with Gasteiger partial charge in [0, 0.05) is 17.0 Å². The first kappa shape index (κ1) is 16.5. The van der Waals surface area contributed by atoms with E-state index in [1.165, 1.54) is 0 Å². The van der Waals surface area contributed by atoms with Gasteiger partial charge in [0.15, 0.2) is 0 Å². The summed E-state index contributed by atoms with van der Waals surface area (Å²) in [6, 6.07) is 7.56. The molecule has 0 saturated carbocycles. The quantitative estimate of drug-likeness (QED) is 0.813. The number of imidazole rings is 1. The van der Waals surface area contributed by atoms with Crippen LogP contribution in [0.15, 0.2) is 35.4 Å². The first-order valence-electron chi connectivity index (χ1n) is 8.25. The van der Waals surface area contributed by atoms with E-state index in [9.17, 15) is 5.26 Å². The molecule has 2 N–H and O–H groups in total. The van der Waals surface area contributed by atoms with Crippen LogP contribution in [-0.2, 0) is 0 Å². The number of nitrogens with zero attached hydrogens (tertiary/aromatic N) is 3. The lowest BCUT2D eigenvalue weighted by molar-refractivity contribution is 0.157. The Labute approximate surface area is 156 Å². The fourth-order valence-electron chi connectivity index (χ4n) is 3.27. The van der Waals surface area contributed by atoms with Gasteiger partial charge in [-0.15, -0.1) is 0 Å². The summed E-state index contributed by atoms with van der Waals surface area (Å²) in [6.45, 7) is 3.96. The van der Waals surface area contributed by atoms with Crippen LogP contribution >= 0.6 is 11.6 Å². The van der Waals surface area contributed by atoms with Crippen LogP contribution in [0.2, 0.25) is 0 Å². The molecule has 26 heavy (non-hydrogen) atoms. The molecule has 0 bridgehead atoms. The van der Waals surface area contributed by atoms with Gasteiger partial charge < -0.3 is 10.5 Å². The third-order valence-corrected chi connectivity index (χ3v) is 4.60. The molecule has 5 nitrogen and oxygen atoms in total. The lowest BCUT2D eigenvalue weighted by Gasteiger charge is -2.32. The average Bonchev–Trinajstić information content (AvgIpc) is 2.76. The Morgan fingerprint density at radius 1 is 1.38 bits per heavy atom. The van der Waals surface area contributed by atoms with Gasteiger partial charge >= 0.3 is 0 Å². The monoisotopic (exact) mass is 364 g/mol. The second-order valence-electron chi connectivity index (χ2n) is 6.83. The van der Waals surface area contributed by atoms with E-state index >= 15 is 0 Å². The molecular weight excluding hydrogens is 348 g/mol. The third kappa shape index (κ3) is 2.69. The minimum absolute atomic E-state index is 0.361. The molecule has 4 rings (SSSR count). The first-order valence-corrected chi connectivity index (χ1v) is 8.63. The highest BCUT2D eigenvalue weighted by Gasteiger charge is 2.30. The summed E-state index contributed by atoms with van der Waals surface area (Å²) in [5, 5.41) is 9.99. The van der Waals surface area contributed by atoms with Gasteiger partial charge in [-0.25, -0.2) is 4.98 Å². The van der Waals surface area contributed by atoms with Crippen LogP contribution in [0.4, 0.5) is 5.95 Å². The van der Waals surface area contributed by atoms with E-state index in [-0.39, 0.29) is 0 Å². The highest BCUT2D eigenvalue weighted by atomic mass is 35.5. The molecule has 130 valence electrons. The van der Waals surface area contributed by atoms with E-state index in [0.29, 0.717) is 28.7 Å². The van der Waals surface area contributed by atoms with Crippen molar-refractivity contribution in [2.45, 2.75) is 25.9 Å². The fourth-order valence-corrected chi connectivity index (χ4v) is 3.46. The van der Waals surface area contributed by atoms with E-state index in [1.807, 2.05) is 54.9 Å². The van der Waals surface area contributed by atoms with Crippen LogP contribution in [0.3, 0.4) is 0 Å². The number of anilines is 1. The largest absolute Gasteiger partial charge is 0.483 e. The van der Waals surface area contributed by atoms with E-state index in [1.54, 1.807) is 6.07 Å². The van der Waals surface area contributed by atoms with Crippen LogP contribution in [0.1, 0.15) is 42.8 Å². The van der Waals surface area contributed by atoms with Gasteiger partial charge in [0.05, 0.1) is 28.7 Å². The SMILES string of the molecule is CC1(C)C=C(n2c(N)nc3c2C=CCC(Cl)=C3)c2cc(C#N)ccc2O1. The maximum absolute atomic E-state index is 9.28. The second-order valence-corrected chi connectivity index (χ2v) is 7.32. The number of nitrogens with two attached hydrogens (primary N) is 1. The number of hydrogen-bond acceptors (Lipinski definition) is 4. The zero-order chi connectivity index (χ0) is 18.5. The zero-order valence-corrected chi connectivity index (χ0v) is 15.2. The van der Waals surface area contributed by atoms with Crippen molar-refractivity contribution in [3.05, 3.63) is 57.9 Å². The van der Waals surface area contributed by atoms with Gasteiger partial charge in [-0.2, -0.15) is 5.26 Å². The Morgan fingerprint density at radius 2 is 2.19 bits per heavy atom. The van der Waals surface area contributed by atoms with Crippen molar-refractivity contribution >= 4 is 35.4 Å². The molecule has 0 unspecified atom stereocenters. The Bertz CT molecular complexity index is 1050. The molecule has 2 aliphatic rings. The number of nitriles is 1. The minimum Gasteiger partial charge on any atom is -0.483 e. The molecule has 2 heterocycles. The topological polar surface area (TPSA) is 76.9 Å². The maximum Gasteiger partial charge on any atom is 0.205 e. The Morgan fingerprint density at radius 3 is 2.96 bits per heavy atom. The van der Waals surface area contributed by atoms with Crippen molar-refractivity contribution in [3.63, 3.8) is 0 Å². The van der Waals surface area contributed by atoms with E-state index in [2.05, 4.69) is 11.1 Å². The molecular formula is C20H17ClN4O. The summed E-state index contributed by atoms with van der Waals surface area (Å²) in [5.74, 6) is 1.07. The Kier molecular flexibility index (Phi) is 3.67. The average molecular weight is 365 g/mol. The highest BCUT2D eigenvalue weighted by Crippen LogP contribution is 2.40. The molecule has 1 aromatic heterocycles. The van der Waals surface area contributed by atoms with E-state index in [0.717, 1.165) is 22.6 Å². The van der Waals surface area contributed by atoms with Gasteiger partial charge in [-0.3, -0.25) is 4.57 Å². The van der Waals surface area contributed by atoms with Crippen molar-refractivity contribution in [2.75, 3.05) is 5.73 Å². The minimum atomic E-state index is -0.526. The third-order valence-electron chi connectivity index (χ3n) is 4.33. The number of nitrogen functional groups attached to an aromatic ring is 1. The van der Waals surface area contributed by atoms with E-state index < -0.39 is 5.60 Å². The molecule has 0 fully saturated rings. The van der Waals surface area contributed by atoms with Crippen molar-refractivity contribution in [1.29, 1.82) is 5.26 Å². The number of fused-ring (bicyclic) bond motifs is 2. The second kappa shape index (κ2) is 5.79. The van der Waals surface area contributed by atoms with Crippen LogP contribution in [-0.4, -0.2) is 15.2 Å². The summed E-state index contributed by atoms with van der Waals surface area (Å²) in [6.07, 6.45) is 8.45. The summed E-state index contributed by atoms with van der Waals surface area (Å²) < 4.78 is 7.95. The van der Waals surface area contributed by atoms with Gasteiger partial charge in [-0.05, 0) is 50.3 Å². The zero-order valence-electron chi connectivity index (χ0n) is 14.5. The molecule has 0 saturated heterocycles. The van der Waals surface area contributed by atoms with Crippen LogP contribution in [0.5, 0.6) is 5.75 Å². The maximum atomic E-state index is 9.28. The van der Waals surface area contributed by atoms with Gasteiger partial charge in [-0.1, -0.05) is 17.7 Å². The molecule has 1 aliphatic carbocycles. The summed E-state index contributed by atoms with van der Waals surface area (Å²) in [4.78, 5) is 4.48. The van der Waals surface area contributed by atoms with Crippen LogP contribution in [0, 0.1) is 11.3 Å². The lowest BCUT2D eigenvalue weighted by atomic mass is 9.97. The van der Waals surface area contributed by atoms with Gasteiger partial charge in [0.25, 0.3) is 0 Å². The summed E-state index contributed by atoms with van der Waals surface area (Å²) in [5.41, 5.74) is 9.53. The first-order chi connectivity index (χ1) is 12.4. The molecule has 1 aromatic carbocycles. The predicted molar refractivity (Wildman–Crippen MR) is 103 cm³/mol. The van der Waals surface area contributed by atoms with Crippen molar-refractivity contribution < 1.29 is 4.74 Å². The molecule has 0 amide bonds. The number of allylic oxidation sites excluding steroid dienone is 2. The number of benzene rings is 1. The Hall–Kier alpha value is -2.97. The molecule has 2 aromatic rings. The number of ether oxygens (including phenoxy) is 1. The number of halogens is 1. The van der Waals surface area contributed by atoms with Crippen molar-refractivity contribution in [1.82, 2.24) is 9.55 Å². The number of aromatic nitrogens is 2. The predicted octanol–water partition coefficient (Wildman–Crippen LogP) is 4.39. The number of hydrogen-bond donors (Lipinski definition) is 1. The van der Waals surface area contributed by atoms with E-state index in [4.69, 9.17) is 22.1 Å². The Balaban J connectivity index is 2.00.